The molecule has 2 nitrogen and oxygen atoms in total. The summed E-state index contributed by atoms with van der Waals surface area (Å²) in [5, 5.41) is 10.7. The van der Waals surface area contributed by atoms with Gasteiger partial charge in [-0.15, -0.1) is 0 Å². The van der Waals surface area contributed by atoms with E-state index >= 15 is 0 Å². The predicted octanol–water partition coefficient (Wildman–Crippen LogP) is 4.55. The van der Waals surface area contributed by atoms with Gasteiger partial charge in [-0.3, -0.25) is 0 Å². The maximum Gasteiger partial charge on any atom is 0.125 e. The van der Waals surface area contributed by atoms with E-state index in [9.17, 15) is 5.11 Å². The van der Waals surface area contributed by atoms with Crippen molar-refractivity contribution in [3.8, 4) is 5.75 Å². The van der Waals surface area contributed by atoms with Gasteiger partial charge in [0.05, 0.1) is 5.52 Å². The summed E-state index contributed by atoms with van der Waals surface area (Å²) >= 11 is 0. The van der Waals surface area contributed by atoms with E-state index in [2.05, 4.69) is 11.5 Å². The Hall–Kier alpha value is -1.44. The van der Waals surface area contributed by atoms with Crippen LogP contribution in [0, 0.1) is 13.8 Å². The van der Waals surface area contributed by atoms with Gasteiger partial charge in [0.15, 0.2) is 0 Å². The highest BCUT2D eigenvalue weighted by atomic mass is 16.3. The van der Waals surface area contributed by atoms with Crippen molar-refractivity contribution >= 4 is 10.9 Å². The number of hydrogen-bond acceptors (Lipinski definition) is 1. The molecule has 0 amide bonds. The van der Waals surface area contributed by atoms with Crippen molar-refractivity contribution in [1.29, 1.82) is 0 Å². The van der Waals surface area contributed by atoms with E-state index in [1.54, 1.807) is 6.07 Å². The van der Waals surface area contributed by atoms with E-state index < -0.39 is 0 Å². The Bertz CT molecular complexity index is 469. The number of aryl methyl sites for hydroxylation is 2. The molecule has 0 unspecified atom stereocenters. The van der Waals surface area contributed by atoms with Crippen molar-refractivity contribution in [3.63, 3.8) is 0 Å². The molecule has 0 aliphatic heterocycles. The number of aromatic nitrogens is 1. The maximum atomic E-state index is 9.68. The van der Waals surface area contributed by atoms with E-state index in [0.29, 0.717) is 5.75 Å². The lowest BCUT2D eigenvalue weighted by molar-refractivity contribution is 0.481. The molecule has 17 heavy (non-hydrogen) atoms. The normalized spacial score (nSPS) is 9.12. The van der Waals surface area contributed by atoms with Crippen molar-refractivity contribution in [3.05, 3.63) is 29.5 Å². The number of rotatable bonds is 0. The summed E-state index contributed by atoms with van der Waals surface area (Å²) in [6.07, 6.45) is 0. The SMILES string of the molecule is CC.CC.Cc1c(C)n(C)c2cccc(O)c12. The fraction of sp³-hybridized carbons (Fsp3) is 0.467. The first-order valence-corrected chi connectivity index (χ1v) is 6.36. The zero-order valence-electron chi connectivity index (χ0n) is 12.1. The Labute approximate surface area is 105 Å². The second-order valence-corrected chi connectivity index (χ2v) is 3.44. The monoisotopic (exact) mass is 235 g/mol. The lowest BCUT2D eigenvalue weighted by atomic mass is 10.1. The highest BCUT2D eigenvalue weighted by Crippen LogP contribution is 2.30. The van der Waals surface area contributed by atoms with Gasteiger partial charge < -0.3 is 9.67 Å². The summed E-state index contributed by atoms with van der Waals surface area (Å²) < 4.78 is 2.10. The number of nitrogens with zero attached hydrogens (tertiary/aromatic N) is 1. The molecule has 0 fully saturated rings. The van der Waals surface area contributed by atoms with Gasteiger partial charge in [0, 0.05) is 18.1 Å². The molecular formula is C15H25NO. The molecule has 1 N–H and O–H groups in total. The molecule has 1 aromatic heterocycles. The third kappa shape index (κ3) is 2.82. The first-order valence-electron chi connectivity index (χ1n) is 6.36. The molecule has 0 radical (unpaired) electrons. The average Bonchev–Trinajstić information content (AvgIpc) is 2.61. The van der Waals surface area contributed by atoms with Crippen LogP contribution in [0.3, 0.4) is 0 Å². The highest BCUT2D eigenvalue weighted by Gasteiger charge is 2.10. The van der Waals surface area contributed by atoms with E-state index in [-0.39, 0.29) is 0 Å². The van der Waals surface area contributed by atoms with E-state index in [4.69, 9.17) is 0 Å². The Morgan fingerprint density at radius 3 is 2.00 bits per heavy atom. The molecule has 0 spiro atoms. The van der Waals surface area contributed by atoms with Crippen LogP contribution in [0.4, 0.5) is 0 Å². The standard InChI is InChI=1S/C11H13NO.2C2H6/c1-7-8(2)12(3)9-5-4-6-10(13)11(7)9;2*1-2/h4-6,13H,1-3H3;2*1-2H3. The average molecular weight is 235 g/mol. The first-order chi connectivity index (χ1) is 8.13. The molecule has 0 aliphatic carbocycles. The van der Waals surface area contributed by atoms with E-state index in [0.717, 1.165) is 16.5 Å². The summed E-state index contributed by atoms with van der Waals surface area (Å²) in [6.45, 7) is 12.1. The summed E-state index contributed by atoms with van der Waals surface area (Å²) in [7, 11) is 2.02. The molecule has 1 heterocycles. The Kier molecular flexibility index (Phi) is 6.40. The van der Waals surface area contributed by atoms with Gasteiger partial charge in [-0.05, 0) is 31.5 Å². The maximum absolute atomic E-state index is 9.68. The van der Waals surface area contributed by atoms with E-state index in [1.807, 2.05) is 53.8 Å². The zero-order valence-corrected chi connectivity index (χ0v) is 12.1. The first kappa shape index (κ1) is 15.6. The predicted molar refractivity (Wildman–Crippen MR) is 76.8 cm³/mol. The van der Waals surface area contributed by atoms with Gasteiger partial charge in [-0.1, -0.05) is 33.8 Å². The van der Waals surface area contributed by atoms with Crippen LogP contribution >= 0.6 is 0 Å². The molecule has 2 rings (SSSR count). The molecule has 0 atom stereocenters. The van der Waals surface area contributed by atoms with Crippen LogP contribution in [-0.2, 0) is 7.05 Å². The van der Waals surface area contributed by atoms with Crippen LogP contribution in [-0.4, -0.2) is 9.67 Å². The number of hydrogen-bond donors (Lipinski definition) is 1. The molecule has 0 aliphatic rings. The molecule has 0 saturated carbocycles. The van der Waals surface area contributed by atoms with Crippen molar-refractivity contribution in [2.75, 3.05) is 0 Å². The minimum atomic E-state index is 0.374. The van der Waals surface area contributed by atoms with Gasteiger partial charge in [0.2, 0.25) is 0 Å². The van der Waals surface area contributed by atoms with Gasteiger partial charge in [0.25, 0.3) is 0 Å². The fourth-order valence-corrected chi connectivity index (χ4v) is 1.81. The number of aromatic hydroxyl groups is 1. The van der Waals surface area contributed by atoms with Crippen molar-refractivity contribution in [1.82, 2.24) is 4.57 Å². The fourth-order valence-electron chi connectivity index (χ4n) is 1.81. The van der Waals surface area contributed by atoms with Gasteiger partial charge in [-0.2, -0.15) is 0 Å². The number of benzene rings is 1. The van der Waals surface area contributed by atoms with Crippen LogP contribution < -0.4 is 0 Å². The van der Waals surface area contributed by atoms with Crippen molar-refractivity contribution in [2.45, 2.75) is 41.5 Å². The van der Waals surface area contributed by atoms with E-state index in [1.165, 1.54) is 5.69 Å². The molecule has 96 valence electrons. The van der Waals surface area contributed by atoms with Crippen LogP contribution in [0.5, 0.6) is 5.75 Å². The largest absolute Gasteiger partial charge is 0.507 e. The van der Waals surface area contributed by atoms with Crippen LogP contribution in [0.2, 0.25) is 0 Å². The van der Waals surface area contributed by atoms with Crippen molar-refractivity contribution < 1.29 is 5.11 Å². The molecular weight excluding hydrogens is 210 g/mol. The Morgan fingerprint density at radius 1 is 1.00 bits per heavy atom. The smallest absolute Gasteiger partial charge is 0.125 e. The summed E-state index contributed by atoms with van der Waals surface area (Å²) in [4.78, 5) is 0. The Balaban J connectivity index is 0.000000581. The number of phenolic OH excluding ortho intramolecular Hbond substituents is 1. The van der Waals surface area contributed by atoms with Crippen LogP contribution in [0.25, 0.3) is 10.9 Å². The highest BCUT2D eigenvalue weighted by molar-refractivity contribution is 5.90. The van der Waals surface area contributed by atoms with Gasteiger partial charge in [0.1, 0.15) is 5.75 Å². The topological polar surface area (TPSA) is 25.2 Å². The van der Waals surface area contributed by atoms with Crippen LogP contribution in [0.1, 0.15) is 39.0 Å². The zero-order chi connectivity index (χ0) is 13.6. The quantitative estimate of drug-likeness (QED) is 0.712. The minimum absolute atomic E-state index is 0.374. The minimum Gasteiger partial charge on any atom is -0.507 e. The third-order valence-corrected chi connectivity index (χ3v) is 2.80. The summed E-state index contributed by atoms with van der Waals surface area (Å²) in [6, 6.07) is 5.63. The molecule has 0 bridgehead atoms. The Morgan fingerprint density at radius 2 is 1.53 bits per heavy atom. The molecule has 2 aromatic rings. The van der Waals surface area contributed by atoms with Gasteiger partial charge >= 0.3 is 0 Å². The second-order valence-electron chi connectivity index (χ2n) is 3.44. The number of fused-ring (bicyclic) bond motifs is 1. The van der Waals surface area contributed by atoms with Crippen molar-refractivity contribution in [2.24, 2.45) is 7.05 Å². The lowest BCUT2D eigenvalue weighted by Crippen LogP contribution is -1.89. The molecule has 1 aromatic carbocycles. The molecule has 0 saturated heterocycles. The summed E-state index contributed by atoms with van der Waals surface area (Å²) in [5.41, 5.74) is 3.46. The van der Waals surface area contributed by atoms with Gasteiger partial charge in [-0.25, -0.2) is 0 Å². The molecule has 2 heteroatoms. The third-order valence-electron chi connectivity index (χ3n) is 2.80. The summed E-state index contributed by atoms with van der Waals surface area (Å²) in [5.74, 6) is 0.374. The lowest BCUT2D eigenvalue weighted by Gasteiger charge is -1.98. The van der Waals surface area contributed by atoms with Crippen LogP contribution in [0.15, 0.2) is 18.2 Å². The second kappa shape index (κ2) is 7.00. The number of phenols is 1.